The summed E-state index contributed by atoms with van der Waals surface area (Å²) in [4.78, 5) is 3.30. The lowest BCUT2D eigenvalue weighted by Crippen LogP contribution is -2.13. The largest absolute Gasteiger partial charge is 0.361 e. The quantitative estimate of drug-likeness (QED) is 0.703. The molecule has 1 unspecified atom stereocenters. The van der Waals surface area contributed by atoms with E-state index >= 15 is 0 Å². The van der Waals surface area contributed by atoms with Gasteiger partial charge in [-0.1, -0.05) is 30.0 Å². The zero-order valence-electron chi connectivity index (χ0n) is 9.71. The highest BCUT2D eigenvalue weighted by Crippen LogP contribution is 2.40. The number of aromatic amines is 1. The van der Waals surface area contributed by atoms with Crippen LogP contribution in [0, 0.1) is 6.92 Å². The minimum atomic E-state index is 0.186. The summed E-state index contributed by atoms with van der Waals surface area (Å²) in [6, 6.07) is 8.32. The second-order valence-electron chi connectivity index (χ2n) is 4.28. The van der Waals surface area contributed by atoms with E-state index in [2.05, 4.69) is 45.0 Å². The molecule has 1 aliphatic rings. The fourth-order valence-corrected chi connectivity index (χ4v) is 3.33. The van der Waals surface area contributed by atoms with Crippen LogP contribution in [-0.4, -0.2) is 19.9 Å². The van der Waals surface area contributed by atoms with E-state index in [1.54, 1.807) is 11.8 Å². The smallest absolute Gasteiger partial charge is 0.212 e. The third-order valence-electron chi connectivity index (χ3n) is 3.17. The molecular formula is C12H11N5S. The SMILES string of the molecule is Cc1nnc2n1NC(c1c[nH]c3ccccc13)S2. The van der Waals surface area contributed by atoms with Crippen LogP contribution in [0.25, 0.3) is 10.9 Å². The van der Waals surface area contributed by atoms with Crippen LogP contribution in [-0.2, 0) is 0 Å². The Kier molecular flexibility index (Phi) is 1.96. The molecule has 5 nitrogen and oxygen atoms in total. The fourth-order valence-electron chi connectivity index (χ4n) is 2.26. The summed E-state index contributed by atoms with van der Waals surface area (Å²) in [5, 5.41) is 10.5. The summed E-state index contributed by atoms with van der Waals surface area (Å²) in [6.45, 7) is 1.95. The van der Waals surface area contributed by atoms with Gasteiger partial charge in [-0.05, 0) is 13.0 Å². The second kappa shape index (κ2) is 3.52. The molecule has 3 heterocycles. The molecule has 0 aliphatic carbocycles. The third-order valence-corrected chi connectivity index (χ3v) is 4.24. The minimum absolute atomic E-state index is 0.186. The van der Waals surface area contributed by atoms with Gasteiger partial charge in [-0.25, -0.2) is 4.68 Å². The van der Waals surface area contributed by atoms with E-state index in [9.17, 15) is 0 Å². The van der Waals surface area contributed by atoms with Gasteiger partial charge in [0.2, 0.25) is 5.16 Å². The Morgan fingerprint density at radius 2 is 2.17 bits per heavy atom. The molecule has 2 aromatic heterocycles. The number of H-pyrrole nitrogens is 1. The maximum Gasteiger partial charge on any atom is 0.212 e. The molecule has 18 heavy (non-hydrogen) atoms. The number of aryl methyl sites for hydroxylation is 1. The van der Waals surface area contributed by atoms with Gasteiger partial charge in [-0.15, -0.1) is 10.2 Å². The maximum absolute atomic E-state index is 4.14. The average molecular weight is 257 g/mol. The first-order valence-corrected chi connectivity index (χ1v) is 6.62. The van der Waals surface area contributed by atoms with Gasteiger partial charge in [0.05, 0.1) is 0 Å². The molecule has 0 fully saturated rings. The molecule has 4 rings (SSSR count). The first-order chi connectivity index (χ1) is 8.83. The van der Waals surface area contributed by atoms with Crippen molar-refractivity contribution in [2.24, 2.45) is 0 Å². The molecule has 6 heteroatoms. The zero-order valence-corrected chi connectivity index (χ0v) is 10.5. The molecule has 1 aromatic carbocycles. The zero-order chi connectivity index (χ0) is 12.1. The van der Waals surface area contributed by atoms with Crippen LogP contribution in [0.1, 0.15) is 16.8 Å². The molecule has 90 valence electrons. The Labute approximate surface area is 108 Å². The topological polar surface area (TPSA) is 58.5 Å². The molecule has 1 atom stereocenters. The third kappa shape index (κ3) is 1.29. The van der Waals surface area contributed by atoms with Crippen molar-refractivity contribution in [3.05, 3.63) is 41.9 Å². The summed E-state index contributed by atoms with van der Waals surface area (Å²) in [5.74, 6) is 0.889. The van der Waals surface area contributed by atoms with Crippen molar-refractivity contribution < 1.29 is 0 Å². The molecule has 2 N–H and O–H groups in total. The fraction of sp³-hybridized carbons (Fsp3) is 0.167. The number of nitrogens with one attached hydrogen (secondary N) is 2. The Morgan fingerprint density at radius 1 is 1.28 bits per heavy atom. The highest BCUT2D eigenvalue weighted by molar-refractivity contribution is 7.99. The Bertz CT molecular complexity index is 729. The first-order valence-electron chi connectivity index (χ1n) is 5.74. The van der Waals surface area contributed by atoms with E-state index in [0.717, 1.165) is 16.5 Å². The van der Waals surface area contributed by atoms with Gasteiger partial charge in [0.15, 0.2) is 0 Å². The van der Waals surface area contributed by atoms with Crippen LogP contribution in [0.5, 0.6) is 0 Å². The Hall–Kier alpha value is -1.95. The van der Waals surface area contributed by atoms with E-state index in [1.165, 1.54) is 10.9 Å². The van der Waals surface area contributed by atoms with Crippen molar-refractivity contribution in [2.45, 2.75) is 17.5 Å². The summed E-state index contributed by atoms with van der Waals surface area (Å²) in [7, 11) is 0. The van der Waals surface area contributed by atoms with Gasteiger partial charge in [-0.2, -0.15) is 0 Å². The van der Waals surface area contributed by atoms with Crippen molar-refractivity contribution >= 4 is 22.7 Å². The van der Waals surface area contributed by atoms with E-state index < -0.39 is 0 Å². The monoisotopic (exact) mass is 257 g/mol. The first kappa shape index (κ1) is 10.0. The van der Waals surface area contributed by atoms with E-state index in [0.29, 0.717) is 0 Å². The number of benzene rings is 1. The Balaban J connectivity index is 1.78. The highest BCUT2D eigenvalue weighted by Gasteiger charge is 2.27. The summed E-state index contributed by atoms with van der Waals surface area (Å²) in [6.07, 6.45) is 2.06. The number of rotatable bonds is 1. The number of thioether (sulfide) groups is 1. The molecule has 0 spiro atoms. The lowest BCUT2D eigenvalue weighted by Gasteiger charge is -2.09. The lowest BCUT2D eigenvalue weighted by atomic mass is 10.2. The molecule has 0 amide bonds. The van der Waals surface area contributed by atoms with Crippen molar-refractivity contribution in [1.82, 2.24) is 19.9 Å². The number of hydrogen-bond donors (Lipinski definition) is 2. The predicted octanol–water partition coefficient (Wildman–Crippen LogP) is 2.42. The number of hydrogen-bond acceptors (Lipinski definition) is 4. The minimum Gasteiger partial charge on any atom is -0.361 e. The average Bonchev–Trinajstić information content (AvgIpc) is 3.05. The molecule has 0 saturated heterocycles. The van der Waals surface area contributed by atoms with Gasteiger partial charge in [0.1, 0.15) is 11.2 Å². The number of aromatic nitrogens is 4. The molecule has 0 saturated carbocycles. The van der Waals surface area contributed by atoms with Crippen LogP contribution in [0.15, 0.2) is 35.6 Å². The van der Waals surface area contributed by atoms with Gasteiger partial charge < -0.3 is 10.4 Å². The van der Waals surface area contributed by atoms with Gasteiger partial charge in [0, 0.05) is 22.7 Å². The van der Waals surface area contributed by atoms with Gasteiger partial charge in [-0.3, -0.25) is 0 Å². The number of para-hydroxylation sites is 1. The summed E-state index contributed by atoms with van der Waals surface area (Å²) in [5.41, 5.74) is 5.82. The van der Waals surface area contributed by atoms with E-state index in [4.69, 9.17) is 0 Å². The van der Waals surface area contributed by atoms with Crippen LogP contribution in [0.3, 0.4) is 0 Å². The van der Waals surface area contributed by atoms with Crippen molar-refractivity contribution in [3.63, 3.8) is 0 Å². The van der Waals surface area contributed by atoms with Crippen LogP contribution in [0.2, 0.25) is 0 Å². The molecule has 1 aliphatic heterocycles. The normalized spacial score (nSPS) is 17.9. The highest BCUT2D eigenvalue weighted by atomic mass is 32.2. The standard InChI is InChI=1S/C12H11N5S/c1-7-14-15-12-17(7)16-11(18-12)9-6-13-10-5-3-2-4-8(9)10/h2-6,11,13,16H,1H3. The number of nitrogens with zero attached hydrogens (tertiary/aromatic N) is 3. The second-order valence-corrected chi connectivity index (χ2v) is 5.35. The molecule has 0 bridgehead atoms. The number of fused-ring (bicyclic) bond motifs is 2. The van der Waals surface area contributed by atoms with Crippen LogP contribution >= 0.6 is 11.8 Å². The summed E-state index contributed by atoms with van der Waals surface area (Å²) < 4.78 is 1.94. The van der Waals surface area contributed by atoms with E-state index in [1.807, 2.05) is 17.7 Å². The molecular weight excluding hydrogens is 246 g/mol. The van der Waals surface area contributed by atoms with Gasteiger partial charge >= 0.3 is 0 Å². The summed E-state index contributed by atoms with van der Waals surface area (Å²) >= 11 is 1.69. The van der Waals surface area contributed by atoms with Gasteiger partial charge in [0.25, 0.3) is 0 Å². The molecule has 0 radical (unpaired) electrons. The predicted molar refractivity (Wildman–Crippen MR) is 71.0 cm³/mol. The van der Waals surface area contributed by atoms with Crippen LogP contribution in [0.4, 0.5) is 0 Å². The maximum atomic E-state index is 4.14. The van der Waals surface area contributed by atoms with Crippen molar-refractivity contribution in [2.75, 3.05) is 5.43 Å². The van der Waals surface area contributed by atoms with Crippen LogP contribution < -0.4 is 5.43 Å². The molecule has 3 aromatic rings. The Morgan fingerprint density at radius 3 is 3.06 bits per heavy atom. The van der Waals surface area contributed by atoms with Crippen molar-refractivity contribution in [1.29, 1.82) is 0 Å². The van der Waals surface area contributed by atoms with Crippen molar-refractivity contribution in [3.8, 4) is 0 Å². The lowest BCUT2D eigenvalue weighted by molar-refractivity contribution is 0.764. The van der Waals surface area contributed by atoms with E-state index in [-0.39, 0.29) is 5.37 Å².